The van der Waals surface area contributed by atoms with Crippen LogP contribution >= 0.6 is 0 Å². The van der Waals surface area contributed by atoms with Crippen LogP contribution in [0.1, 0.15) is 38.2 Å². The first-order valence-corrected chi connectivity index (χ1v) is 10.0. The van der Waals surface area contributed by atoms with Crippen LogP contribution in [0, 0.1) is 5.41 Å². The number of carboxylic acids is 1. The van der Waals surface area contributed by atoms with E-state index in [1.165, 1.54) is 5.56 Å². The van der Waals surface area contributed by atoms with Gasteiger partial charge in [0, 0.05) is 32.1 Å². The number of nitrogens with zero attached hydrogens (tertiary/aromatic N) is 2. The summed E-state index contributed by atoms with van der Waals surface area (Å²) >= 11 is 0. The van der Waals surface area contributed by atoms with E-state index in [1.807, 2.05) is 11.0 Å². The third-order valence-corrected chi connectivity index (χ3v) is 6.24. The van der Waals surface area contributed by atoms with Gasteiger partial charge in [0.05, 0.1) is 6.54 Å². The summed E-state index contributed by atoms with van der Waals surface area (Å²) < 4.78 is 10.9. The quantitative estimate of drug-likeness (QED) is 0.833. The maximum Gasteiger partial charge on any atom is 0.317 e. The van der Waals surface area contributed by atoms with Crippen LogP contribution in [0.25, 0.3) is 0 Å². The number of aliphatic carboxylic acids is 1. The Morgan fingerprint density at radius 2 is 2.00 bits per heavy atom. The van der Waals surface area contributed by atoms with Crippen LogP contribution in [0.5, 0.6) is 11.5 Å². The zero-order valence-electron chi connectivity index (χ0n) is 16.4. The van der Waals surface area contributed by atoms with Crippen molar-refractivity contribution in [2.45, 2.75) is 45.1 Å². The van der Waals surface area contributed by atoms with Gasteiger partial charge in [-0.3, -0.25) is 14.5 Å². The molecule has 3 aliphatic heterocycles. The molecule has 2 saturated heterocycles. The summed E-state index contributed by atoms with van der Waals surface area (Å²) in [6.45, 7) is 4.85. The molecule has 0 bridgehead atoms. The maximum absolute atomic E-state index is 12.6. The summed E-state index contributed by atoms with van der Waals surface area (Å²) in [6.07, 6.45) is 4.05. The summed E-state index contributed by atoms with van der Waals surface area (Å²) in [4.78, 5) is 27.6. The van der Waals surface area contributed by atoms with E-state index in [1.54, 1.807) is 0 Å². The van der Waals surface area contributed by atoms with Gasteiger partial charge in [0.25, 0.3) is 0 Å². The van der Waals surface area contributed by atoms with E-state index in [0.29, 0.717) is 6.42 Å². The first-order valence-electron chi connectivity index (χ1n) is 10.0. The Bertz CT molecular complexity index is 759. The fraction of sp³-hybridized carbons (Fsp3) is 0.619. The minimum atomic E-state index is -0.788. The molecule has 0 radical (unpaired) electrons. The first-order chi connectivity index (χ1) is 13.4. The highest BCUT2D eigenvalue weighted by Crippen LogP contribution is 2.39. The number of amides is 1. The van der Waals surface area contributed by atoms with E-state index in [2.05, 4.69) is 24.0 Å². The van der Waals surface area contributed by atoms with Crippen molar-refractivity contribution in [1.82, 2.24) is 9.80 Å². The molecular weight excluding hydrogens is 360 g/mol. The SMILES string of the molecule is CC1(Cc2ccc3c(c2)OCO3)CCC(=O)N(C2CCN(CC(=O)O)CC2)C1. The number of hydrogen-bond acceptors (Lipinski definition) is 5. The molecule has 0 aromatic heterocycles. The molecule has 7 nitrogen and oxygen atoms in total. The Morgan fingerprint density at radius 1 is 1.25 bits per heavy atom. The number of carboxylic acid groups (broad SMARTS) is 1. The zero-order chi connectivity index (χ0) is 19.7. The number of carbonyl (C=O) groups excluding carboxylic acids is 1. The van der Waals surface area contributed by atoms with Crippen LogP contribution < -0.4 is 9.47 Å². The second kappa shape index (κ2) is 7.62. The van der Waals surface area contributed by atoms with Crippen LogP contribution in [-0.4, -0.2) is 65.8 Å². The van der Waals surface area contributed by atoms with Crippen molar-refractivity contribution in [2.24, 2.45) is 5.41 Å². The molecule has 3 aliphatic rings. The molecule has 1 aromatic rings. The summed E-state index contributed by atoms with van der Waals surface area (Å²) in [6, 6.07) is 6.32. The normalized spacial score (nSPS) is 25.9. The minimum absolute atomic E-state index is 0.0276. The molecule has 7 heteroatoms. The number of rotatable bonds is 5. The molecule has 1 unspecified atom stereocenters. The predicted molar refractivity (Wildman–Crippen MR) is 102 cm³/mol. The van der Waals surface area contributed by atoms with E-state index < -0.39 is 5.97 Å². The molecule has 1 aromatic carbocycles. The van der Waals surface area contributed by atoms with Crippen molar-refractivity contribution in [2.75, 3.05) is 33.0 Å². The number of piperidine rings is 2. The molecule has 0 saturated carbocycles. The fourth-order valence-electron chi connectivity index (χ4n) is 4.73. The molecule has 1 amide bonds. The van der Waals surface area contributed by atoms with Crippen LogP contribution in [0.2, 0.25) is 0 Å². The molecule has 0 aliphatic carbocycles. The lowest BCUT2D eigenvalue weighted by Gasteiger charge is -2.46. The Kier molecular flexibility index (Phi) is 5.19. The smallest absolute Gasteiger partial charge is 0.317 e. The lowest BCUT2D eigenvalue weighted by molar-refractivity contribution is -0.143. The minimum Gasteiger partial charge on any atom is -0.480 e. The van der Waals surface area contributed by atoms with Gasteiger partial charge in [-0.1, -0.05) is 13.0 Å². The van der Waals surface area contributed by atoms with Crippen molar-refractivity contribution < 1.29 is 24.2 Å². The molecule has 3 heterocycles. The number of fused-ring (bicyclic) bond motifs is 1. The van der Waals surface area contributed by atoms with Crippen molar-refractivity contribution in [3.05, 3.63) is 23.8 Å². The number of benzene rings is 1. The van der Waals surface area contributed by atoms with E-state index >= 15 is 0 Å². The van der Waals surface area contributed by atoms with Gasteiger partial charge >= 0.3 is 5.97 Å². The Hall–Kier alpha value is -2.28. The monoisotopic (exact) mass is 388 g/mol. The van der Waals surface area contributed by atoms with Crippen LogP contribution in [0.15, 0.2) is 18.2 Å². The zero-order valence-corrected chi connectivity index (χ0v) is 16.4. The van der Waals surface area contributed by atoms with Crippen molar-refractivity contribution in [3.8, 4) is 11.5 Å². The second-order valence-electron chi connectivity index (χ2n) is 8.60. The topological polar surface area (TPSA) is 79.3 Å². The van der Waals surface area contributed by atoms with Gasteiger partial charge in [-0.15, -0.1) is 0 Å². The second-order valence-corrected chi connectivity index (χ2v) is 8.60. The number of likely N-dealkylation sites (tertiary alicyclic amines) is 2. The Labute approximate surface area is 165 Å². The highest BCUT2D eigenvalue weighted by atomic mass is 16.7. The first kappa shape index (κ1) is 19.1. The van der Waals surface area contributed by atoms with Gasteiger partial charge in [0.2, 0.25) is 12.7 Å². The van der Waals surface area contributed by atoms with E-state index in [-0.39, 0.29) is 30.7 Å². The van der Waals surface area contributed by atoms with Gasteiger partial charge in [-0.25, -0.2) is 0 Å². The van der Waals surface area contributed by atoms with E-state index in [9.17, 15) is 9.59 Å². The number of hydrogen-bond donors (Lipinski definition) is 1. The maximum atomic E-state index is 12.6. The average molecular weight is 388 g/mol. The molecule has 4 rings (SSSR count). The van der Waals surface area contributed by atoms with Gasteiger partial charge in [-0.05, 0) is 48.8 Å². The molecular formula is C21H28N2O5. The van der Waals surface area contributed by atoms with Gasteiger partial charge < -0.3 is 19.5 Å². The summed E-state index contributed by atoms with van der Waals surface area (Å²) in [5.41, 5.74) is 1.23. The van der Waals surface area contributed by atoms with E-state index in [0.717, 1.165) is 56.8 Å². The molecule has 2 fully saturated rings. The number of carbonyl (C=O) groups is 2. The molecule has 28 heavy (non-hydrogen) atoms. The largest absolute Gasteiger partial charge is 0.480 e. The average Bonchev–Trinajstić information content (AvgIpc) is 3.12. The van der Waals surface area contributed by atoms with Crippen LogP contribution in [0.4, 0.5) is 0 Å². The summed E-state index contributed by atoms with van der Waals surface area (Å²) in [5, 5.41) is 8.97. The van der Waals surface area contributed by atoms with Crippen LogP contribution in [-0.2, 0) is 16.0 Å². The molecule has 1 N–H and O–H groups in total. The third kappa shape index (κ3) is 4.09. The number of ether oxygens (including phenoxy) is 2. The molecule has 1 atom stereocenters. The van der Waals surface area contributed by atoms with Gasteiger partial charge in [0.15, 0.2) is 11.5 Å². The lowest BCUT2D eigenvalue weighted by atomic mass is 9.76. The molecule has 0 spiro atoms. The van der Waals surface area contributed by atoms with Crippen molar-refractivity contribution >= 4 is 11.9 Å². The standard InChI is InChI=1S/C21H28N2O5/c1-21(11-15-2-3-17-18(10-15)28-14-27-17)7-4-19(24)23(13-21)16-5-8-22(9-6-16)12-20(25)26/h2-3,10,16H,4-9,11-14H2,1H3,(H,25,26). The van der Waals surface area contributed by atoms with Crippen molar-refractivity contribution in [3.63, 3.8) is 0 Å². The van der Waals surface area contributed by atoms with Gasteiger partial charge in [-0.2, -0.15) is 0 Å². The molecule has 152 valence electrons. The summed E-state index contributed by atoms with van der Waals surface area (Å²) in [7, 11) is 0. The highest BCUT2D eigenvalue weighted by Gasteiger charge is 2.39. The summed E-state index contributed by atoms with van der Waals surface area (Å²) in [5.74, 6) is 1.04. The predicted octanol–water partition coefficient (Wildman–Crippen LogP) is 2.14. The lowest BCUT2D eigenvalue weighted by Crippen LogP contribution is -2.54. The van der Waals surface area contributed by atoms with Crippen molar-refractivity contribution in [1.29, 1.82) is 0 Å². The highest BCUT2D eigenvalue weighted by molar-refractivity contribution is 5.77. The third-order valence-electron chi connectivity index (χ3n) is 6.24. The fourth-order valence-corrected chi connectivity index (χ4v) is 4.73. The van der Waals surface area contributed by atoms with Crippen LogP contribution in [0.3, 0.4) is 0 Å². The Morgan fingerprint density at radius 3 is 2.75 bits per heavy atom. The van der Waals surface area contributed by atoms with Gasteiger partial charge in [0.1, 0.15) is 0 Å². The Balaban J connectivity index is 1.40. The van der Waals surface area contributed by atoms with E-state index in [4.69, 9.17) is 14.6 Å².